The lowest BCUT2D eigenvalue weighted by Crippen LogP contribution is -2.15. The van der Waals surface area contributed by atoms with Crippen LogP contribution in [0.5, 0.6) is 0 Å². The van der Waals surface area contributed by atoms with Gasteiger partial charge in [-0.3, -0.25) is 10.1 Å². The molecule has 0 amide bonds. The smallest absolute Gasteiger partial charge is 0.270 e. The summed E-state index contributed by atoms with van der Waals surface area (Å²) in [5, 5.41) is 21.0. The zero-order valence-corrected chi connectivity index (χ0v) is 12.4. The molecular formula is C18H17NO3. The van der Waals surface area contributed by atoms with Crippen LogP contribution in [0.25, 0.3) is 11.1 Å². The van der Waals surface area contributed by atoms with Gasteiger partial charge < -0.3 is 5.11 Å². The Morgan fingerprint density at radius 1 is 0.955 bits per heavy atom. The third-order valence-electron chi connectivity index (χ3n) is 4.88. The number of hydrogen-bond acceptors (Lipinski definition) is 3. The lowest BCUT2D eigenvalue weighted by Gasteiger charge is -2.30. The molecule has 22 heavy (non-hydrogen) atoms. The molecule has 2 aromatic carbocycles. The van der Waals surface area contributed by atoms with Gasteiger partial charge in [-0.25, -0.2) is 0 Å². The molecule has 0 heterocycles. The number of nitrogens with zero attached hydrogens (tertiary/aromatic N) is 1. The second kappa shape index (κ2) is 4.65. The topological polar surface area (TPSA) is 63.4 Å². The van der Waals surface area contributed by atoms with Crippen LogP contribution in [0.1, 0.15) is 40.8 Å². The summed E-state index contributed by atoms with van der Waals surface area (Å²) in [6.07, 6.45) is 2.98. The van der Waals surface area contributed by atoms with Crippen LogP contribution in [0.2, 0.25) is 0 Å². The van der Waals surface area contributed by atoms with E-state index in [1.807, 2.05) is 0 Å². The van der Waals surface area contributed by atoms with Crippen molar-refractivity contribution in [1.82, 2.24) is 0 Å². The number of nitro benzene ring substituents is 1. The summed E-state index contributed by atoms with van der Waals surface area (Å²) in [6.45, 7) is 1.79. The number of aryl methyl sites for hydroxylation is 4. The molecule has 0 fully saturated rings. The van der Waals surface area contributed by atoms with Gasteiger partial charge in [0, 0.05) is 12.1 Å². The molecule has 0 aliphatic heterocycles. The highest BCUT2D eigenvalue weighted by atomic mass is 16.6. The molecular weight excluding hydrogens is 278 g/mol. The van der Waals surface area contributed by atoms with Crippen molar-refractivity contribution in [3.8, 4) is 11.1 Å². The highest BCUT2D eigenvalue weighted by Gasteiger charge is 2.28. The summed E-state index contributed by atoms with van der Waals surface area (Å²) in [4.78, 5) is 10.8. The van der Waals surface area contributed by atoms with Gasteiger partial charge >= 0.3 is 0 Å². The SMILES string of the molecule is CC(O)c1cc2c3c(c1)CCc1cc([N+](=O)[O-])cc(c1-3)CC2. The van der Waals surface area contributed by atoms with Gasteiger partial charge in [-0.15, -0.1) is 0 Å². The van der Waals surface area contributed by atoms with Crippen molar-refractivity contribution in [2.24, 2.45) is 0 Å². The average Bonchev–Trinajstić information content (AvgIpc) is 2.51. The number of aliphatic hydroxyl groups excluding tert-OH is 1. The molecule has 1 N–H and O–H groups in total. The lowest BCUT2D eigenvalue weighted by atomic mass is 9.74. The fraction of sp³-hybridized carbons (Fsp3) is 0.333. The zero-order chi connectivity index (χ0) is 15.4. The van der Waals surface area contributed by atoms with E-state index in [-0.39, 0.29) is 10.6 Å². The monoisotopic (exact) mass is 295 g/mol. The Morgan fingerprint density at radius 2 is 1.36 bits per heavy atom. The molecule has 0 bridgehead atoms. The largest absolute Gasteiger partial charge is 0.389 e. The van der Waals surface area contributed by atoms with E-state index in [1.165, 1.54) is 22.3 Å². The highest BCUT2D eigenvalue weighted by Crippen LogP contribution is 2.44. The quantitative estimate of drug-likeness (QED) is 0.681. The van der Waals surface area contributed by atoms with Gasteiger partial charge in [0.1, 0.15) is 0 Å². The molecule has 4 rings (SSSR count). The summed E-state index contributed by atoms with van der Waals surface area (Å²) in [5.41, 5.74) is 8.41. The van der Waals surface area contributed by atoms with Gasteiger partial charge in [0.05, 0.1) is 11.0 Å². The minimum atomic E-state index is -0.457. The second-order valence-corrected chi connectivity index (χ2v) is 6.29. The van der Waals surface area contributed by atoms with E-state index in [2.05, 4.69) is 12.1 Å². The van der Waals surface area contributed by atoms with E-state index in [1.54, 1.807) is 19.1 Å². The summed E-state index contributed by atoms with van der Waals surface area (Å²) >= 11 is 0. The van der Waals surface area contributed by atoms with E-state index < -0.39 is 6.10 Å². The minimum absolute atomic E-state index is 0.209. The Balaban J connectivity index is 1.98. The van der Waals surface area contributed by atoms with Crippen molar-refractivity contribution in [2.45, 2.75) is 38.7 Å². The van der Waals surface area contributed by atoms with Gasteiger partial charge in [-0.2, -0.15) is 0 Å². The van der Waals surface area contributed by atoms with Crippen LogP contribution in [0.4, 0.5) is 5.69 Å². The van der Waals surface area contributed by atoms with Crippen molar-refractivity contribution >= 4 is 5.69 Å². The summed E-state index contributed by atoms with van der Waals surface area (Å²) in [5.74, 6) is 0. The van der Waals surface area contributed by atoms with Gasteiger partial charge in [-0.05, 0) is 71.6 Å². The zero-order valence-electron chi connectivity index (χ0n) is 12.4. The van der Waals surface area contributed by atoms with E-state index >= 15 is 0 Å². The Bertz CT molecular complexity index is 758. The first-order chi connectivity index (χ1) is 10.5. The van der Waals surface area contributed by atoms with Crippen molar-refractivity contribution in [3.05, 3.63) is 62.2 Å². The first-order valence-corrected chi connectivity index (χ1v) is 7.69. The maximum absolute atomic E-state index is 11.1. The van der Waals surface area contributed by atoms with Crippen LogP contribution in [0, 0.1) is 10.1 Å². The molecule has 4 nitrogen and oxygen atoms in total. The number of nitro groups is 1. The molecule has 0 saturated heterocycles. The number of hydrogen-bond donors (Lipinski definition) is 1. The maximum Gasteiger partial charge on any atom is 0.270 e. The van der Waals surface area contributed by atoms with Crippen molar-refractivity contribution < 1.29 is 10.0 Å². The fourth-order valence-electron chi connectivity index (χ4n) is 3.86. The molecule has 0 radical (unpaired) electrons. The Labute approximate surface area is 128 Å². The Morgan fingerprint density at radius 3 is 1.73 bits per heavy atom. The predicted octanol–water partition coefficient (Wildman–Crippen LogP) is 3.51. The molecule has 2 aliphatic rings. The van der Waals surface area contributed by atoms with Crippen LogP contribution in [-0.2, 0) is 25.7 Å². The predicted molar refractivity (Wildman–Crippen MR) is 84.0 cm³/mol. The standard InChI is InChI=1S/C18H17NO3/c1-10(20)15-6-11-2-4-13-8-16(19(21)22)9-14-5-3-12(7-15)17(11)18(13)14/h6-10,20H,2-5H2,1H3. The molecule has 2 aliphatic carbocycles. The molecule has 4 heteroatoms. The third kappa shape index (κ3) is 1.87. The molecule has 0 saturated carbocycles. The van der Waals surface area contributed by atoms with Crippen LogP contribution >= 0.6 is 0 Å². The number of benzene rings is 2. The van der Waals surface area contributed by atoms with Crippen molar-refractivity contribution in [1.29, 1.82) is 0 Å². The number of aliphatic hydroxyl groups is 1. The fourth-order valence-corrected chi connectivity index (χ4v) is 3.86. The van der Waals surface area contributed by atoms with Gasteiger partial charge in [0.2, 0.25) is 0 Å². The average molecular weight is 295 g/mol. The van der Waals surface area contributed by atoms with Crippen LogP contribution in [0.15, 0.2) is 24.3 Å². The van der Waals surface area contributed by atoms with Crippen LogP contribution in [0.3, 0.4) is 0 Å². The number of non-ortho nitro benzene ring substituents is 1. The van der Waals surface area contributed by atoms with E-state index in [0.29, 0.717) is 0 Å². The number of rotatable bonds is 2. The molecule has 112 valence electrons. The molecule has 2 aromatic rings. The van der Waals surface area contributed by atoms with Gasteiger partial charge in [0.15, 0.2) is 0 Å². The molecule has 1 unspecified atom stereocenters. The highest BCUT2D eigenvalue weighted by molar-refractivity contribution is 5.82. The lowest BCUT2D eigenvalue weighted by molar-refractivity contribution is -0.385. The first kappa shape index (κ1) is 13.5. The Kier molecular flexibility index (Phi) is 2.84. The maximum atomic E-state index is 11.1. The Hall–Kier alpha value is -2.20. The summed E-state index contributed by atoms with van der Waals surface area (Å²) < 4.78 is 0. The van der Waals surface area contributed by atoms with Crippen molar-refractivity contribution in [2.75, 3.05) is 0 Å². The summed E-state index contributed by atoms with van der Waals surface area (Å²) in [7, 11) is 0. The van der Waals surface area contributed by atoms with E-state index in [4.69, 9.17) is 0 Å². The molecule has 0 spiro atoms. The van der Waals surface area contributed by atoms with Crippen molar-refractivity contribution in [3.63, 3.8) is 0 Å². The van der Waals surface area contributed by atoms with Gasteiger partial charge in [-0.1, -0.05) is 12.1 Å². The normalized spacial score (nSPS) is 16.1. The van der Waals surface area contributed by atoms with Crippen LogP contribution < -0.4 is 0 Å². The van der Waals surface area contributed by atoms with E-state index in [9.17, 15) is 15.2 Å². The molecule has 0 aromatic heterocycles. The first-order valence-electron chi connectivity index (χ1n) is 7.69. The second-order valence-electron chi connectivity index (χ2n) is 6.29. The molecule has 1 atom stereocenters. The summed E-state index contributed by atoms with van der Waals surface area (Å²) in [6, 6.07) is 7.67. The van der Waals surface area contributed by atoms with E-state index in [0.717, 1.165) is 42.4 Å². The minimum Gasteiger partial charge on any atom is -0.389 e. The van der Waals surface area contributed by atoms with Crippen LogP contribution in [-0.4, -0.2) is 10.0 Å². The third-order valence-corrected chi connectivity index (χ3v) is 4.88. The van der Waals surface area contributed by atoms with Gasteiger partial charge in [0.25, 0.3) is 5.69 Å².